The Kier molecular flexibility index (Phi) is 6.35. The zero-order valence-corrected chi connectivity index (χ0v) is 15.8. The molecule has 0 aliphatic rings. The predicted molar refractivity (Wildman–Crippen MR) is 108 cm³/mol. The maximum atomic E-state index is 12.6. The molecule has 0 fully saturated rings. The normalized spacial score (nSPS) is 11.0. The minimum absolute atomic E-state index is 0.171. The van der Waals surface area contributed by atoms with Gasteiger partial charge in [0.05, 0.1) is 5.02 Å². The molecule has 26 heavy (non-hydrogen) atoms. The first-order valence-corrected chi connectivity index (χ1v) is 9.64. The molecular formula is C22H24ClNO2. The number of nitrogens with one attached hydrogen (secondary N) is 1. The second-order valence-electron chi connectivity index (χ2n) is 6.46. The van der Waals surface area contributed by atoms with Gasteiger partial charge in [0.25, 0.3) is 5.91 Å². The van der Waals surface area contributed by atoms with E-state index in [4.69, 9.17) is 16.0 Å². The van der Waals surface area contributed by atoms with E-state index >= 15 is 0 Å². The average Bonchev–Trinajstić information content (AvgIpc) is 3.04. The number of hydrogen-bond donors (Lipinski definition) is 1. The number of hydrogen-bond acceptors (Lipinski definition) is 2. The van der Waals surface area contributed by atoms with Crippen LogP contribution >= 0.6 is 11.6 Å². The van der Waals surface area contributed by atoms with Gasteiger partial charge in [-0.1, -0.05) is 80.6 Å². The molecule has 0 radical (unpaired) electrons. The van der Waals surface area contributed by atoms with Crippen molar-refractivity contribution in [1.82, 2.24) is 5.32 Å². The summed E-state index contributed by atoms with van der Waals surface area (Å²) in [6.45, 7) is 2.86. The zero-order chi connectivity index (χ0) is 18.4. The lowest BCUT2D eigenvalue weighted by Crippen LogP contribution is -2.24. The van der Waals surface area contributed by atoms with E-state index in [2.05, 4.69) is 12.2 Å². The third-order valence-electron chi connectivity index (χ3n) is 4.51. The summed E-state index contributed by atoms with van der Waals surface area (Å²) in [4.78, 5) is 12.6. The molecule has 0 saturated carbocycles. The third-order valence-corrected chi connectivity index (χ3v) is 4.84. The number of amides is 1. The maximum absolute atomic E-state index is 12.6. The van der Waals surface area contributed by atoms with Crippen LogP contribution in [-0.4, -0.2) is 12.5 Å². The van der Waals surface area contributed by atoms with E-state index in [0.717, 1.165) is 29.2 Å². The molecule has 0 aliphatic carbocycles. The topological polar surface area (TPSA) is 42.2 Å². The van der Waals surface area contributed by atoms with E-state index in [1.807, 2.05) is 48.5 Å². The van der Waals surface area contributed by atoms with Gasteiger partial charge in [-0.2, -0.15) is 0 Å². The molecule has 1 N–H and O–H groups in total. The number of furan rings is 1. The summed E-state index contributed by atoms with van der Waals surface area (Å²) in [7, 11) is 0. The number of unbranched alkanes of at least 4 members (excludes halogenated alkanes) is 4. The Morgan fingerprint density at radius 2 is 1.65 bits per heavy atom. The molecule has 136 valence electrons. The summed E-state index contributed by atoms with van der Waals surface area (Å²) in [5, 5.41) is 5.30. The minimum atomic E-state index is -0.171. The first-order valence-electron chi connectivity index (χ1n) is 9.27. The molecule has 0 spiro atoms. The number of carbonyl (C=O) groups is 1. The number of benzene rings is 2. The van der Waals surface area contributed by atoms with Crippen LogP contribution in [0.15, 0.2) is 52.9 Å². The highest BCUT2D eigenvalue weighted by Gasteiger charge is 2.20. The second-order valence-corrected chi connectivity index (χ2v) is 6.86. The van der Waals surface area contributed by atoms with Crippen molar-refractivity contribution in [2.45, 2.75) is 39.0 Å². The molecule has 1 heterocycles. The van der Waals surface area contributed by atoms with Crippen LogP contribution in [0.2, 0.25) is 5.02 Å². The van der Waals surface area contributed by atoms with Crippen molar-refractivity contribution in [2.24, 2.45) is 0 Å². The Labute approximate surface area is 159 Å². The third kappa shape index (κ3) is 4.10. The van der Waals surface area contributed by atoms with Crippen LogP contribution in [0, 0.1) is 0 Å². The molecule has 1 amide bonds. The molecule has 0 atom stereocenters. The first-order chi connectivity index (χ1) is 12.7. The van der Waals surface area contributed by atoms with E-state index < -0.39 is 0 Å². The Bertz CT molecular complexity index is 885. The van der Waals surface area contributed by atoms with Crippen molar-refractivity contribution in [3.8, 4) is 11.3 Å². The van der Waals surface area contributed by atoms with E-state index in [-0.39, 0.29) is 5.91 Å². The van der Waals surface area contributed by atoms with Crippen molar-refractivity contribution in [3.63, 3.8) is 0 Å². The maximum Gasteiger partial charge on any atom is 0.287 e. The molecule has 0 unspecified atom stereocenters. The molecule has 1 aromatic heterocycles. The van der Waals surface area contributed by atoms with Crippen molar-refractivity contribution >= 4 is 28.3 Å². The van der Waals surface area contributed by atoms with Gasteiger partial charge in [-0.25, -0.2) is 0 Å². The van der Waals surface area contributed by atoms with Gasteiger partial charge >= 0.3 is 0 Å². The fraction of sp³-hybridized carbons (Fsp3) is 0.318. The van der Waals surface area contributed by atoms with Gasteiger partial charge < -0.3 is 9.73 Å². The summed E-state index contributed by atoms with van der Waals surface area (Å²) in [6, 6.07) is 15.2. The summed E-state index contributed by atoms with van der Waals surface area (Å²) in [6.07, 6.45) is 5.81. The fourth-order valence-corrected chi connectivity index (χ4v) is 3.34. The minimum Gasteiger partial charge on any atom is -0.450 e. The Hall–Kier alpha value is -2.26. The lowest BCUT2D eigenvalue weighted by molar-refractivity contribution is 0.0928. The zero-order valence-electron chi connectivity index (χ0n) is 15.1. The number of halogens is 1. The molecule has 0 bridgehead atoms. The summed E-state index contributed by atoms with van der Waals surface area (Å²) < 4.78 is 5.99. The summed E-state index contributed by atoms with van der Waals surface area (Å²) in [5.41, 5.74) is 0.795. The van der Waals surface area contributed by atoms with E-state index in [1.54, 1.807) is 0 Å². The van der Waals surface area contributed by atoms with Gasteiger partial charge in [-0.05, 0) is 18.6 Å². The van der Waals surface area contributed by atoms with Crippen LogP contribution in [0.4, 0.5) is 0 Å². The highest BCUT2D eigenvalue weighted by atomic mass is 35.5. The molecular weight excluding hydrogens is 346 g/mol. The summed E-state index contributed by atoms with van der Waals surface area (Å²) in [5.74, 6) is 0.818. The van der Waals surface area contributed by atoms with E-state index in [9.17, 15) is 4.79 Å². The Morgan fingerprint density at radius 1 is 0.962 bits per heavy atom. The van der Waals surface area contributed by atoms with E-state index in [0.29, 0.717) is 23.1 Å². The smallest absolute Gasteiger partial charge is 0.287 e. The number of carbonyl (C=O) groups excluding carboxylic acids is 1. The van der Waals surface area contributed by atoms with Gasteiger partial charge in [0.2, 0.25) is 0 Å². The van der Waals surface area contributed by atoms with E-state index in [1.165, 1.54) is 19.3 Å². The number of fused-ring (bicyclic) bond motifs is 1. The quantitative estimate of drug-likeness (QED) is 0.463. The SMILES string of the molecule is CCCCCCCNC(=O)c1oc(-c2ccccc2Cl)c2ccccc12. The van der Waals surface area contributed by atoms with Gasteiger partial charge in [0, 0.05) is 22.9 Å². The van der Waals surface area contributed by atoms with Crippen LogP contribution in [0.5, 0.6) is 0 Å². The fourth-order valence-electron chi connectivity index (χ4n) is 3.12. The van der Waals surface area contributed by atoms with Crippen molar-refractivity contribution in [3.05, 3.63) is 59.3 Å². The number of rotatable bonds is 8. The highest BCUT2D eigenvalue weighted by molar-refractivity contribution is 6.33. The molecule has 3 nitrogen and oxygen atoms in total. The second kappa shape index (κ2) is 8.91. The standard InChI is InChI=1S/C22H24ClNO2/c1-2-3-4-5-10-15-24-22(25)21-17-12-7-6-11-16(17)20(26-21)18-13-8-9-14-19(18)23/h6-9,11-14H,2-5,10,15H2,1H3,(H,24,25). The highest BCUT2D eigenvalue weighted by Crippen LogP contribution is 2.37. The van der Waals surface area contributed by atoms with Gasteiger partial charge in [0.15, 0.2) is 5.76 Å². The average molecular weight is 370 g/mol. The van der Waals surface area contributed by atoms with Gasteiger partial charge in [-0.3, -0.25) is 4.79 Å². The predicted octanol–water partition coefficient (Wildman–Crippen LogP) is 6.45. The van der Waals surface area contributed by atoms with Crippen LogP contribution < -0.4 is 5.32 Å². The molecule has 0 saturated heterocycles. The molecule has 2 aromatic carbocycles. The van der Waals surface area contributed by atoms with Crippen LogP contribution in [0.25, 0.3) is 22.1 Å². The molecule has 3 aromatic rings. The van der Waals surface area contributed by atoms with Crippen molar-refractivity contribution in [2.75, 3.05) is 6.54 Å². The molecule has 4 heteroatoms. The summed E-state index contributed by atoms with van der Waals surface area (Å²) >= 11 is 6.33. The van der Waals surface area contributed by atoms with Crippen molar-refractivity contribution < 1.29 is 9.21 Å². The lowest BCUT2D eigenvalue weighted by Gasteiger charge is -2.04. The van der Waals surface area contributed by atoms with Gasteiger partial charge in [0.1, 0.15) is 5.76 Å². The Balaban J connectivity index is 1.81. The first kappa shape index (κ1) is 18.5. The Morgan fingerprint density at radius 3 is 2.42 bits per heavy atom. The van der Waals surface area contributed by atoms with Crippen molar-refractivity contribution in [1.29, 1.82) is 0 Å². The largest absolute Gasteiger partial charge is 0.450 e. The lowest BCUT2D eigenvalue weighted by atomic mass is 10.1. The molecule has 0 aliphatic heterocycles. The van der Waals surface area contributed by atoms with Crippen LogP contribution in [0.1, 0.15) is 49.6 Å². The van der Waals surface area contributed by atoms with Crippen LogP contribution in [-0.2, 0) is 0 Å². The van der Waals surface area contributed by atoms with Crippen LogP contribution in [0.3, 0.4) is 0 Å². The molecule has 3 rings (SSSR count). The van der Waals surface area contributed by atoms with Gasteiger partial charge in [-0.15, -0.1) is 0 Å². The monoisotopic (exact) mass is 369 g/mol.